The van der Waals surface area contributed by atoms with E-state index in [1.807, 2.05) is 0 Å². The monoisotopic (exact) mass is 468 g/mol. The Morgan fingerprint density at radius 2 is 1.67 bits per heavy atom. The topological polar surface area (TPSA) is 112 Å². The van der Waals surface area contributed by atoms with Gasteiger partial charge >= 0.3 is 5.97 Å². The van der Waals surface area contributed by atoms with Crippen molar-refractivity contribution in [2.75, 3.05) is 31.6 Å². The lowest BCUT2D eigenvalue weighted by molar-refractivity contribution is 0.0601. The van der Waals surface area contributed by atoms with Gasteiger partial charge in [0.05, 0.1) is 24.7 Å². The molecule has 0 aliphatic carbocycles. The van der Waals surface area contributed by atoms with Crippen molar-refractivity contribution in [1.29, 1.82) is 0 Å². The summed E-state index contributed by atoms with van der Waals surface area (Å²) < 4.78 is 20.6. The highest BCUT2D eigenvalue weighted by Gasteiger charge is 2.27. The number of amides is 2. The van der Waals surface area contributed by atoms with Crippen LogP contribution < -0.4 is 24.8 Å². The van der Waals surface area contributed by atoms with E-state index in [-0.39, 0.29) is 22.2 Å². The number of hydrogen-bond acceptors (Lipinski definition) is 8. The van der Waals surface area contributed by atoms with Crippen LogP contribution in [0.2, 0.25) is 0 Å². The van der Waals surface area contributed by atoms with Crippen LogP contribution in [-0.4, -0.2) is 38.8 Å². The molecular weight excluding hydrogens is 448 g/mol. The second-order valence-electron chi connectivity index (χ2n) is 6.96. The number of esters is 1. The molecule has 9 nitrogen and oxygen atoms in total. The van der Waals surface area contributed by atoms with Crippen LogP contribution in [0, 0.1) is 6.92 Å². The fourth-order valence-electron chi connectivity index (χ4n) is 3.24. The van der Waals surface area contributed by atoms with Gasteiger partial charge in [-0.15, -0.1) is 11.3 Å². The summed E-state index contributed by atoms with van der Waals surface area (Å²) in [5.41, 5.74) is 1.39. The zero-order valence-corrected chi connectivity index (χ0v) is 18.8. The highest BCUT2D eigenvalue weighted by atomic mass is 32.1. The first-order valence-corrected chi connectivity index (χ1v) is 10.6. The standard InChI is InChI=1S/C23H20N2O7S/c1-12-18(23(28)30-3)22(25-20(26)13-4-9-16-17(10-13)32-11-31-16)33-19(12)21(27)24-14-5-7-15(29-2)8-6-14/h4-10H,11H2,1-3H3,(H,24,27)(H,25,26). The van der Waals surface area contributed by atoms with Crippen LogP contribution in [0.5, 0.6) is 17.2 Å². The van der Waals surface area contributed by atoms with Gasteiger partial charge in [-0.1, -0.05) is 0 Å². The molecule has 2 amide bonds. The molecule has 0 saturated carbocycles. The zero-order valence-electron chi connectivity index (χ0n) is 18.0. The van der Waals surface area contributed by atoms with Gasteiger partial charge in [0.25, 0.3) is 11.8 Å². The van der Waals surface area contributed by atoms with E-state index in [1.54, 1.807) is 56.5 Å². The van der Waals surface area contributed by atoms with Crippen molar-refractivity contribution in [3.05, 3.63) is 64.0 Å². The number of nitrogens with one attached hydrogen (secondary N) is 2. The number of carbonyl (C=O) groups excluding carboxylic acids is 3. The molecule has 0 fully saturated rings. The molecule has 0 atom stereocenters. The molecule has 1 aromatic heterocycles. The van der Waals surface area contributed by atoms with Crippen molar-refractivity contribution in [1.82, 2.24) is 0 Å². The van der Waals surface area contributed by atoms with E-state index in [1.165, 1.54) is 7.11 Å². The summed E-state index contributed by atoms with van der Waals surface area (Å²) in [7, 11) is 2.79. The van der Waals surface area contributed by atoms with Gasteiger partial charge in [0, 0.05) is 11.3 Å². The summed E-state index contributed by atoms with van der Waals surface area (Å²) in [6, 6.07) is 11.6. The van der Waals surface area contributed by atoms with E-state index in [2.05, 4.69) is 10.6 Å². The first-order valence-electron chi connectivity index (χ1n) is 9.79. The molecule has 170 valence electrons. The molecule has 0 unspecified atom stereocenters. The third kappa shape index (κ3) is 4.46. The van der Waals surface area contributed by atoms with E-state index in [0.717, 1.165) is 11.3 Å². The Morgan fingerprint density at radius 3 is 2.36 bits per heavy atom. The van der Waals surface area contributed by atoms with E-state index in [0.29, 0.717) is 34.1 Å². The number of benzene rings is 2. The molecule has 4 rings (SSSR count). The lowest BCUT2D eigenvalue weighted by atomic mass is 10.1. The largest absolute Gasteiger partial charge is 0.497 e. The number of carbonyl (C=O) groups is 3. The minimum absolute atomic E-state index is 0.0870. The molecule has 1 aliphatic rings. The van der Waals surface area contributed by atoms with Crippen LogP contribution in [-0.2, 0) is 4.74 Å². The molecule has 0 bridgehead atoms. The Hall–Kier alpha value is -4.05. The summed E-state index contributed by atoms with van der Waals surface area (Å²) in [5, 5.41) is 5.71. The first-order chi connectivity index (χ1) is 15.9. The van der Waals surface area contributed by atoms with Crippen LogP contribution in [0.1, 0.15) is 36.0 Å². The Kier molecular flexibility index (Phi) is 6.18. The molecule has 1 aliphatic heterocycles. The van der Waals surface area contributed by atoms with E-state index in [4.69, 9.17) is 18.9 Å². The smallest absolute Gasteiger partial charge is 0.341 e. The molecule has 3 aromatic rings. The summed E-state index contributed by atoms with van der Waals surface area (Å²) >= 11 is 0.988. The quantitative estimate of drug-likeness (QED) is 0.524. The van der Waals surface area contributed by atoms with E-state index in [9.17, 15) is 14.4 Å². The van der Waals surface area contributed by atoms with Gasteiger partial charge < -0.3 is 29.6 Å². The SMILES string of the molecule is COC(=O)c1c(NC(=O)c2ccc3c(c2)OCO3)sc(C(=O)Nc2ccc(OC)cc2)c1C. The van der Waals surface area contributed by atoms with Gasteiger partial charge in [-0.25, -0.2) is 4.79 Å². The number of hydrogen-bond donors (Lipinski definition) is 2. The molecule has 0 saturated heterocycles. The zero-order chi connectivity index (χ0) is 23.5. The van der Waals surface area contributed by atoms with Crippen LogP contribution in [0.25, 0.3) is 0 Å². The van der Waals surface area contributed by atoms with Crippen LogP contribution in [0.3, 0.4) is 0 Å². The third-order valence-electron chi connectivity index (χ3n) is 4.95. The van der Waals surface area contributed by atoms with Crippen LogP contribution in [0.15, 0.2) is 42.5 Å². The van der Waals surface area contributed by atoms with E-state index >= 15 is 0 Å². The fraction of sp³-hybridized carbons (Fsp3) is 0.174. The van der Waals surface area contributed by atoms with E-state index < -0.39 is 17.8 Å². The molecule has 2 N–H and O–H groups in total. The lowest BCUT2D eigenvalue weighted by Gasteiger charge is -2.07. The molecule has 33 heavy (non-hydrogen) atoms. The Labute approximate surface area is 193 Å². The van der Waals surface area contributed by atoms with Gasteiger partial charge in [0.1, 0.15) is 10.8 Å². The van der Waals surface area contributed by atoms with Crippen molar-refractivity contribution in [2.45, 2.75) is 6.92 Å². The summed E-state index contributed by atoms with van der Waals surface area (Å²) in [6.07, 6.45) is 0. The normalized spacial score (nSPS) is 11.6. The van der Waals surface area contributed by atoms with Gasteiger partial charge in [0.2, 0.25) is 6.79 Å². The number of anilines is 2. The maximum atomic E-state index is 12.9. The molecule has 2 aromatic carbocycles. The molecule has 0 radical (unpaired) electrons. The number of methoxy groups -OCH3 is 2. The Bertz CT molecular complexity index is 1230. The maximum absolute atomic E-state index is 12.9. The van der Waals surface area contributed by atoms with Crippen molar-refractivity contribution in [3.63, 3.8) is 0 Å². The molecule has 0 spiro atoms. The lowest BCUT2D eigenvalue weighted by Crippen LogP contribution is -2.14. The van der Waals surface area contributed by atoms with Crippen molar-refractivity contribution in [2.24, 2.45) is 0 Å². The summed E-state index contributed by atoms with van der Waals surface area (Å²) in [6.45, 7) is 1.71. The van der Waals surface area contributed by atoms with Gasteiger partial charge in [-0.05, 0) is 55.0 Å². The summed E-state index contributed by atoms with van der Waals surface area (Å²) in [4.78, 5) is 38.5. The predicted molar refractivity (Wildman–Crippen MR) is 122 cm³/mol. The van der Waals surface area contributed by atoms with Crippen LogP contribution >= 0.6 is 11.3 Å². The van der Waals surface area contributed by atoms with Gasteiger partial charge in [0.15, 0.2) is 11.5 Å². The average Bonchev–Trinajstić information content (AvgIpc) is 3.42. The highest BCUT2D eigenvalue weighted by Crippen LogP contribution is 2.36. The molecule has 10 heteroatoms. The Balaban J connectivity index is 1.60. The predicted octanol–water partition coefficient (Wildman–Crippen LogP) is 4.09. The van der Waals surface area contributed by atoms with Crippen molar-refractivity contribution >= 4 is 39.8 Å². The van der Waals surface area contributed by atoms with Crippen LogP contribution in [0.4, 0.5) is 10.7 Å². The second kappa shape index (κ2) is 9.21. The Morgan fingerprint density at radius 1 is 0.939 bits per heavy atom. The highest BCUT2D eigenvalue weighted by molar-refractivity contribution is 7.19. The molecule has 2 heterocycles. The number of thiophene rings is 1. The number of ether oxygens (including phenoxy) is 4. The summed E-state index contributed by atoms with van der Waals surface area (Å²) in [5.74, 6) is 0.109. The minimum Gasteiger partial charge on any atom is -0.497 e. The van der Waals surface area contributed by atoms with Gasteiger partial charge in [-0.3, -0.25) is 9.59 Å². The number of fused-ring (bicyclic) bond motifs is 1. The average molecular weight is 468 g/mol. The fourth-order valence-corrected chi connectivity index (χ4v) is 4.33. The maximum Gasteiger partial charge on any atom is 0.341 e. The first kappa shape index (κ1) is 22.2. The minimum atomic E-state index is -0.659. The van der Waals surface area contributed by atoms with Crippen molar-refractivity contribution < 1.29 is 33.3 Å². The third-order valence-corrected chi connectivity index (χ3v) is 6.16. The van der Waals surface area contributed by atoms with Crippen molar-refractivity contribution in [3.8, 4) is 17.2 Å². The van der Waals surface area contributed by atoms with Gasteiger partial charge in [-0.2, -0.15) is 0 Å². The second-order valence-corrected chi connectivity index (χ2v) is 7.98. The number of rotatable bonds is 6. The molecular formula is C23H20N2O7S.